The lowest BCUT2D eigenvalue weighted by Gasteiger charge is -2.10. The van der Waals surface area contributed by atoms with Crippen molar-refractivity contribution in [2.24, 2.45) is 5.73 Å². The second-order valence-electron chi connectivity index (χ2n) is 4.93. The molecule has 25 heavy (non-hydrogen) atoms. The number of nitrogens with one attached hydrogen (secondary N) is 2. The van der Waals surface area contributed by atoms with Crippen LogP contribution >= 0.6 is 22.9 Å². The van der Waals surface area contributed by atoms with Crippen molar-refractivity contribution in [1.82, 2.24) is 10.6 Å². The number of hydrogen-bond acceptors (Lipinski definition) is 5. The number of ether oxygens (including phenoxy) is 1. The summed E-state index contributed by atoms with van der Waals surface area (Å²) in [6, 6.07) is 7.52. The highest BCUT2D eigenvalue weighted by atomic mass is 35.5. The van der Waals surface area contributed by atoms with Crippen LogP contribution < -0.4 is 21.1 Å². The van der Waals surface area contributed by atoms with Crippen LogP contribution in [0.15, 0.2) is 35.7 Å². The Labute approximate surface area is 153 Å². The lowest BCUT2D eigenvalue weighted by atomic mass is 10.2. The minimum atomic E-state index is -0.710. The van der Waals surface area contributed by atoms with E-state index in [0.29, 0.717) is 18.0 Å². The number of halogens is 1. The molecule has 1 aromatic heterocycles. The number of hydrogen-bond donors (Lipinski definition) is 3. The zero-order valence-electron chi connectivity index (χ0n) is 13.1. The second kappa shape index (κ2) is 9.05. The summed E-state index contributed by atoms with van der Waals surface area (Å²) in [5.41, 5.74) is 5.32. The van der Waals surface area contributed by atoms with Crippen molar-refractivity contribution < 1.29 is 19.1 Å². The molecule has 4 N–H and O–H groups in total. The first kappa shape index (κ1) is 18.8. The molecule has 0 radical (unpaired) electrons. The summed E-state index contributed by atoms with van der Waals surface area (Å²) in [5.74, 6) is -1.30. The van der Waals surface area contributed by atoms with Crippen LogP contribution in [0.2, 0.25) is 5.02 Å². The van der Waals surface area contributed by atoms with Gasteiger partial charge in [0.25, 0.3) is 11.8 Å². The zero-order valence-corrected chi connectivity index (χ0v) is 14.7. The van der Waals surface area contributed by atoms with Crippen molar-refractivity contribution >= 4 is 40.8 Å². The highest BCUT2D eigenvalue weighted by Crippen LogP contribution is 2.23. The van der Waals surface area contributed by atoms with Crippen LogP contribution in [0.25, 0.3) is 0 Å². The smallest absolute Gasteiger partial charge is 0.321 e. The maximum Gasteiger partial charge on any atom is 0.321 e. The van der Waals surface area contributed by atoms with Gasteiger partial charge in [0.1, 0.15) is 5.75 Å². The predicted octanol–water partition coefficient (Wildman–Crippen LogP) is 1.95. The van der Waals surface area contributed by atoms with E-state index in [0.717, 1.165) is 4.88 Å². The second-order valence-corrected chi connectivity index (χ2v) is 6.40. The van der Waals surface area contributed by atoms with Crippen molar-refractivity contribution in [1.29, 1.82) is 0 Å². The normalized spacial score (nSPS) is 10.1. The summed E-state index contributed by atoms with van der Waals surface area (Å²) < 4.78 is 5.23. The fourth-order valence-corrected chi connectivity index (χ4v) is 2.79. The van der Waals surface area contributed by atoms with Gasteiger partial charge in [-0.3, -0.25) is 14.9 Å². The molecule has 2 rings (SSSR count). The Morgan fingerprint density at radius 1 is 1.24 bits per heavy atom. The van der Waals surface area contributed by atoms with Crippen molar-refractivity contribution in [3.63, 3.8) is 0 Å². The Bertz CT molecular complexity index is 765. The van der Waals surface area contributed by atoms with Gasteiger partial charge in [0.2, 0.25) is 0 Å². The number of rotatable bonds is 7. The van der Waals surface area contributed by atoms with Crippen LogP contribution in [0.4, 0.5) is 4.79 Å². The third kappa shape index (κ3) is 6.09. The van der Waals surface area contributed by atoms with Crippen molar-refractivity contribution in [3.8, 4) is 5.75 Å². The third-order valence-corrected chi connectivity index (χ3v) is 4.23. The van der Waals surface area contributed by atoms with Crippen LogP contribution in [0.3, 0.4) is 0 Å². The number of imide groups is 1. The highest BCUT2D eigenvalue weighted by Gasteiger charge is 2.13. The molecule has 0 fully saturated rings. The predicted molar refractivity (Wildman–Crippen MR) is 95.0 cm³/mol. The van der Waals surface area contributed by atoms with Gasteiger partial charge in [-0.25, -0.2) is 4.79 Å². The molecule has 0 aliphatic rings. The van der Waals surface area contributed by atoms with E-state index in [1.165, 1.54) is 18.2 Å². The molecule has 1 heterocycles. The summed E-state index contributed by atoms with van der Waals surface area (Å²) in [7, 11) is 0. The van der Waals surface area contributed by atoms with E-state index in [4.69, 9.17) is 22.1 Å². The SMILES string of the molecule is NC(=O)c1ccc(Cl)cc1OCC(=O)NC(=O)NCCc1cccs1. The van der Waals surface area contributed by atoms with Gasteiger partial charge in [-0.05, 0) is 36.1 Å². The Balaban J connectivity index is 1.77. The molecule has 4 amide bonds. The summed E-state index contributed by atoms with van der Waals surface area (Å²) in [6.45, 7) is -0.0560. The average molecular weight is 382 g/mol. The molecule has 1 aromatic carbocycles. The third-order valence-electron chi connectivity index (χ3n) is 3.06. The summed E-state index contributed by atoms with van der Waals surface area (Å²) in [5, 5.41) is 6.98. The summed E-state index contributed by atoms with van der Waals surface area (Å²) in [4.78, 5) is 35.8. The van der Waals surface area contributed by atoms with Gasteiger partial charge in [0.15, 0.2) is 6.61 Å². The Morgan fingerprint density at radius 2 is 2.04 bits per heavy atom. The zero-order chi connectivity index (χ0) is 18.2. The number of carbonyl (C=O) groups excluding carboxylic acids is 3. The molecular weight excluding hydrogens is 366 g/mol. The molecule has 0 atom stereocenters. The minimum absolute atomic E-state index is 0.0771. The molecule has 0 saturated carbocycles. The lowest BCUT2D eigenvalue weighted by molar-refractivity contribution is -0.122. The van der Waals surface area contributed by atoms with E-state index in [-0.39, 0.29) is 11.3 Å². The average Bonchev–Trinajstić information content (AvgIpc) is 3.06. The Morgan fingerprint density at radius 3 is 2.72 bits per heavy atom. The summed E-state index contributed by atoms with van der Waals surface area (Å²) >= 11 is 7.42. The van der Waals surface area contributed by atoms with E-state index in [9.17, 15) is 14.4 Å². The number of carbonyl (C=O) groups is 3. The standard InChI is InChI=1S/C16H16ClN3O4S/c17-10-3-4-12(15(18)22)13(8-10)24-9-14(21)20-16(23)19-6-5-11-2-1-7-25-11/h1-4,7-8H,5-6,9H2,(H2,18,22)(H2,19,20,21,23). The quantitative estimate of drug-likeness (QED) is 0.680. The molecule has 2 aromatic rings. The maximum absolute atomic E-state index is 11.7. The number of thiophene rings is 1. The van der Waals surface area contributed by atoms with Crippen molar-refractivity contribution in [3.05, 3.63) is 51.2 Å². The van der Waals surface area contributed by atoms with E-state index in [2.05, 4.69) is 10.6 Å². The number of benzene rings is 1. The molecule has 0 saturated heterocycles. The first-order valence-corrected chi connectivity index (χ1v) is 8.53. The molecular formula is C16H16ClN3O4S. The van der Waals surface area contributed by atoms with Gasteiger partial charge in [0.05, 0.1) is 5.56 Å². The number of urea groups is 1. The summed E-state index contributed by atoms with van der Waals surface area (Å²) in [6.07, 6.45) is 0.681. The maximum atomic E-state index is 11.7. The van der Waals surface area contributed by atoms with Crippen molar-refractivity contribution in [2.45, 2.75) is 6.42 Å². The van der Waals surface area contributed by atoms with Gasteiger partial charge < -0.3 is 15.8 Å². The molecule has 9 heteroatoms. The molecule has 0 aliphatic carbocycles. The first-order valence-electron chi connectivity index (χ1n) is 7.28. The largest absolute Gasteiger partial charge is 0.483 e. The van der Waals surface area contributed by atoms with Gasteiger partial charge in [0, 0.05) is 16.4 Å². The van der Waals surface area contributed by atoms with Crippen LogP contribution in [-0.4, -0.2) is 31.0 Å². The van der Waals surface area contributed by atoms with Crippen LogP contribution in [0.5, 0.6) is 5.75 Å². The van der Waals surface area contributed by atoms with E-state index >= 15 is 0 Å². The molecule has 132 valence electrons. The van der Waals surface area contributed by atoms with Gasteiger partial charge >= 0.3 is 6.03 Å². The van der Waals surface area contributed by atoms with Gasteiger partial charge in [-0.1, -0.05) is 17.7 Å². The van der Waals surface area contributed by atoms with E-state index < -0.39 is 24.5 Å². The van der Waals surface area contributed by atoms with Crippen LogP contribution in [0.1, 0.15) is 15.2 Å². The highest BCUT2D eigenvalue weighted by molar-refractivity contribution is 7.09. The number of nitrogens with two attached hydrogens (primary N) is 1. The Hall–Kier alpha value is -2.58. The van der Waals surface area contributed by atoms with Crippen molar-refractivity contribution in [2.75, 3.05) is 13.2 Å². The number of amides is 4. The molecule has 0 unspecified atom stereocenters. The fourth-order valence-electron chi connectivity index (χ4n) is 1.92. The monoisotopic (exact) mass is 381 g/mol. The molecule has 0 bridgehead atoms. The van der Waals surface area contributed by atoms with Crippen LogP contribution in [0, 0.1) is 0 Å². The number of primary amides is 1. The molecule has 0 aliphatic heterocycles. The lowest BCUT2D eigenvalue weighted by Crippen LogP contribution is -2.42. The molecule has 0 spiro atoms. The topological polar surface area (TPSA) is 111 Å². The first-order chi connectivity index (χ1) is 12.0. The van der Waals surface area contributed by atoms with Crippen LogP contribution in [-0.2, 0) is 11.2 Å². The fraction of sp³-hybridized carbons (Fsp3) is 0.188. The van der Waals surface area contributed by atoms with E-state index in [1.807, 2.05) is 17.5 Å². The Kier molecular flexibility index (Phi) is 6.79. The minimum Gasteiger partial charge on any atom is -0.483 e. The van der Waals surface area contributed by atoms with E-state index in [1.54, 1.807) is 11.3 Å². The van der Waals surface area contributed by atoms with Gasteiger partial charge in [-0.15, -0.1) is 11.3 Å². The molecule has 7 nitrogen and oxygen atoms in total. The van der Waals surface area contributed by atoms with Gasteiger partial charge in [-0.2, -0.15) is 0 Å².